The topological polar surface area (TPSA) is 31.4 Å². The van der Waals surface area contributed by atoms with Gasteiger partial charge in [0.25, 0.3) is 0 Å². The van der Waals surface area contributed by atoms with Crippen molar-refractivity contribution in [3.05, 3.63) is 23.9 Å². The van der Waals surface area contributed by atoms with Crippen molar-refractivity contribution in [3.63, 3.8) is 0 Å². The van der Waals surface area contributed by atoms with Crippen molar-refractivity contribution in [2.24, 2.45) is 5.92 Å². The molecule has 1 saturated heterocycles. The molecule has 0 aromatic carbocycles. The fourth-order valence-corrected chi connectivity index (χ4v) is 2.83. The summed E-state index contributed by atoms with van der Waals surface area (Å²) in [7, 11) is 2.00. The summed E-state index contributed by atoms with van der Waals surface area (Å²) in [6.07, 6.45) is 1.90. The molecule has 0 radical (unpaired) electrons. The number of rotatable bonds is 5. The summed E-state index contributed by atoms with van der Waals surface area (Å²) in [5, 5.41) is 3.32. The maximum absolute atomic E-state index is 4.62. The molecule has 0 bridgehead atoms. The van der Waals surface area contributed by atoms with Crippen LogP contribution in [0.5, 0.6) is 0 Å². The second-order valence-corrected chi connectivity index (χ2v) is 6.11. The lowest BCUT2D eigenvalue weighted by molar-refractivity contribution is 0.230. The lowest BCUT2D eigenvalue weighted by Crippen LogP contribution is -2.48. The molecule has 1 unspecified atom stereocenters. The van der Waals surface area contributed by atoms with Gasteiger partial charge >= 0.3 is 0 Å². The van der Waals surface area contributed by atoms with E-state index in [1.54, 1.807) is 0 Å². The van der Waals surface area contributed by atoms with Crippen LogP contribution in [0.2, 0.25) is 0 Å². The quantitative estimate of drug-likeness (QED) is 0.893. The zero-order valence-electron chi connectivity index (χ0n) is 13.3. The van der Waals surface area contributed by atoms with Crippen molar-refractivity contribution >= 4 is 5.82 Å². The monoisotopic (exact) mass is 276 g/mol. The molecule has 4 heteroatoms. The number of nitrogens with zero attached hydrogens (tertiary/aromatic N) is 3. The van der Waals surface area contributed by atoms with Gasteiger partial charge in [-0.1, -0.05) is 19.9 Å². The van der Waals surface area contributed by atoms with Crippen LogP contribution in [0.4, 0.5) is 5.82 Å². The smallest absolute Gasteiger partial charge is 0.133 e. The van der Waals surface area contributed by atoms with Crippen molar-refractivity contribution in [2.75, 3.05) is 44.7 Å². The fraction of sp³-hybridized carbons (Fsp3) is 0.688. The summed E-state index contributed by atoms with van der Waals surface area (Å²) in [5.41, 5.74) is 1.30. The Morgan fingerprint density at radius 2 is 1.90 bits per heavy atom. The molecule has 0 spiro atoms. The minimum absolute atomic E-state index is 0.340. The number of piperazine rings is 1. The van der Waals surface area contributed by atoms with Gasteiger partial charge in [0.2, 0.25) is 0 Å². The van der Waals surface area contributed by atoms with Crippen molar-refractivity contribution in [3.8, 4) is 0 Å². The fourth-order valence-electron chi connectivity index (χ4n) is 2.83. The molecule has 1 atom stereocenters. The molecule has 1 fully saturated rings. The summed E-state index contributed by atoms with van der Waals surface area (Å²) in [4.78, 5) is 9.62. The van der Waals surface area contributed by atoms with E-state index in [1.807, 2.05) is 19.3 Å². The molecule has 1 N–H and O–H groups in total. The maximum Gasteiger partial charge on any atom is 0.133 e. The van der Waals surface area contributed by atoms with Crippen LogP contribution in [0.15, 0.2) is 18.3 Å². The number of hydrogen-bond donors (Lipinski definition) is 1. The first-order valence-corrected chi connectivity index (χ1v) is 7.71. The molecular formula is C16H28N4. The largest absolute Gasteiger partial charge is 0.354 e. The molecule has 112 valence electrons. The van der Waals surface area contributed by atoms with E-state index in [2.05, 4.69) is 46.9 Å². The molecule has 0 saturated carbocycles. The second-order valence-electron chi connectivity index (χ2n) is 6.11. The van der Waals surface area contributed by atoms with Crippen LogP contribution in [0.25, 0.3) is 0 Å². The Balaban J connectivity index is 2.03. The van der Waals surface area contributed by atoms with Gasteiger partial charge in [-0.3, -0.25) is 4.90 Å². The van der Waals surface area contributed by atoms with E-state index in [0.29, 0.717) is 6.04 Å². The summed E-state index contributed by atoms with van der Waals surface area (Å²) < 4.78 is 0. The standard InChI is InChI=1S/C16H28N4/c1-13(2)12-19-8-10-20(11-9-19)16-15(14(3)17-4)6-5-7-18-16/h5-7,13-14,17H,8-12H2,1-4H3. The molecule has 4 nitrogen and oxygen atoms in total. The Bertz CT molecular complexity index is 411. The normalized spacial score (nSPS) is 18.6. The first-order valence-electron chi connectivity index (χ1n) is 7.71. The molecule has 2 rings (SSSR count). The number of anilines is 1. The van der Waals surface area contributed by atoms with Crippen LogP contribution in [-0.4, -0.2) is 49.7 Å². The molecule has 0 amide bonds. The average Bonchev–Trinajstić information content (AvgIpc) is 2.46. The highest BCUT2D eigenvalue weighted by Crippen LogP contribution is 2.24. The Morgan fingerprint density at radius 1 is 1.20 bits per heavy atom. The zero-order valence-corrected chi connectivity index (χ0v) is 13.3. The second kappa shape index (κ2) is 7.04. The van der Waals surface area contributed by atoms with Gasteiger partial charge in [-0.2, -0.15) is 0 Å². The number of aromatic nitrogens is 1. The molecule has 2 heterocycles. The zero-order chi connectivity index (χ0) is 14.5. The van der Waals surface area contributed by atoms with Gasteiger partial charge in [0.1, 0.15) is 5.82 Å². The lowest BCUT2D eigenvalue weighted by atomic mass is 10.1. The third-order valence-corrected chi connectivity index (χ3v) is 4.01. The van der Waals surface area contributed by atoms with Crippen LogP contribution < -0.4 is 10.2 Å². The third-order valence-electron chi connectivity index (χ3n) is 4.01. The molecule has 1 aliphatic heterocycles. The van der Waals surface area contributed by atoms with Crippen molar-refractivity contribution in [2.45, 2.75) is 26.8 Å². The lowest BCUT2D eigenvalue weighted by Gasteiger charge is -2.37. The molecule has 20 heavy (non-hydrogen) atoms. The first-order chi connectivity index (χ1) is 9.61. The van der Waals surface area contributed by atoms with E-state index in [0.717, 1.165) is 37.9 Å². The van der Waals surface area contributed by atoms with Crippen LogP contribution in [0, 0.1) is 5.92 Å². The number of nitrogens with one attached hydrogen (secondary N) is 1. The van der Waals surface area contributed by atoms with Crippen LogP contribution in [-0.2, 0) is 0 Å². The maximum atomic E-state index is 4.62. The summed E-state index contributed by atoms with van der Waals surface area (Å²) >= 11 is 0. The first kappa shape index (κ1) is 15.3. The van der Waals surface area contributed by atoms with Gasteiger partial charge in [0, 0.05) is 50.5 Å². The third kappa shape index (κ3) is 3.70. The van der Waals surface area contributed by atoms with E-state index in [4.69, 9.17) is 0 Å². The van der Waals surface area contributed by atoms with Gasteiger partial charge in [0.15, 0.2) is 0 Å². The number of hydrogen-bond acceptors (Lipinski definition) is 4. The Kier molecular flexibility index (Phi) is 5.38. The van der Waals surface area contributed by atoms with Crippen molar-refractivity contribution in [1.82, 2.24) is 15.2 Å². The highest BCUT2D eigenvalue weighted by Gasteiger charge is 2.21. The van der Waals surface area contributed by atoms with E-state index in [-0.39, 0.29) is 0 Å². The Morgan fingerprint density at radius 3 is 2.50 bits per heavy atom. The SMILES string of the molecule is CNC(C)c1cccnc1N1CCN(CC(C)C)CC1. The number of pyridine rings is 1. The molecule has 0 aliphatic carbocycles. The Labute approximate surface area is 123 Å². The van der Waals surface area contributed by atoms with Gasteiger partial charge in [-0.05, 0) is 26.0 Å². The highest BCUT2D eigenvalue weighted by atomic mass is 15.3. The van der Waals surface area contributed by atoms with Crippen molar-refractivity contribution < 1.29 is 0 Å². The average molecular weight is 276 g/mol. The minimum Gasteiger partial charge on any atom is -0.354 e. The highest BCUT2D eigenvalue weighted by molar-refractivity contribution is 5.48. The summed E-state index contributed by atoms with van der Waals surface area (Å²) in [6.45, 7) is 12.4. The van der Waals surface area contributed by atoms with Crippen LogP contribution >= 0.6 is 0 Å². The summed E-state index contributed by atoms with van der Waals surface area (Å²) in [5.74, 6) is 1.90. The molecule has 1 aromatic heterocycles. The predicted octanol–water partition coefficient (Wildman–Crippen LogP) is 2.14. The van der Waals surface area contributed by atoms with E-state index in [1.165, 1.54) is 12.1 Å². The van der Waals surface area contributed by atoms with Crippen LogP contribution in [0.3, 0.4) is 0 Å². The summed E-state index contributed by atoms with van der Waals surface area (Å²) in [6, 6.07) is 4.55. The van der Waals surface area contributed by atoms with Crippen LogP contribution in [0.1, 0.15) is 32.4 Å². The van der Waals surface area contributed by atoms with E-state index >= 15 is 0 Å². The molecule has 1 aliphatic rings. The van der Waals surface area contributed by atoms with E-state index < -0.39 is 0 Å². The van der Waals surface area contributed by atoms with Gasteiger partial charge in [0.05, 0.1) is 0 Å². The van der Waals surface area contributed by atoms with Crippen molar-refractivity contribution in [1.29, 1.82) is 0 Å². The minimum atomic E-state index is 0.340. The van der Waals surface area contributed by atoms with E-state index in [9.17, 15) is 0 Å². The predicted molar refractivity (Wildman–Crippen MR) is 85.2 cm³/mol. The van der Waals surface area contributed by atoms with Gasteiger partial charge in [-0.15, -0.1) is 0 Å². The Hall–Kier alpha value is -1.13. The molecule has 1 aromatic rings. The molecular weight excluding hydrogens is 248 g/mol. The van der Waals surface area contributed by atoms with Gasteiger partial charge < -0.3 is 10.2 Å². The van der Waals surface area contributed by atoms with Gasteiger partial charge in [-0.25, -0.2) is 4.98 Å².